The Morgan fingerprint density at radius 3 is 2.53 bits per heavy atom. The van der Waals surface area contributed by atoms with Gasteiger partial charge in [-0.05, 0) is 25.8 Å². The van der Waals surface area contributed by atoms with Gasteiger partial charge in [0.05, 0.1) is 17.4 Å². The van der Waals surface area contributed by atoms with Crippen LogP contribution in [0.2, 0.25) is 0 Å². The molecule has 0 aromatic heterocycles. The molecule has 0 atom stereocenters. The molecular weight excluding hydrogens is 222 g/mol. The van der Waals surface area contributed by atoms with E-state index in [-0.39, 0.29) is 17.2 Å². The number of para-hydroxylation sites is 1. The number of Topliss-reactive ketones (excluding diaryl/α,β-unsaturated/α-hetero) is 1. The zero-order chi connectivity index (χ0) is 12.6. The first kappa shape index (κ1) is 11.6. The van der Waals surface area contributed by atoms with Crippen LogP contribution in [0.5, 0.6) is 5.75 Å². The second-order valence-electron chi connectivity index (χ2n) is 4.25. The molecule has 0 radical (unpaired) electrons. The Labute approximate surface area is 98.5 Å². The van der Waals surface area contributed by atoms with Crippen LogP contribution in [0, 0.1) is 10.1 Å². The third kappa shape index (κ3) is 1.67. The van der Waals surface area contributed by atoms with Crippen molar-refractivity contribution in [1.82, 2.24) is 0 Å². The topological polar surface area (TPSA) is 69.4 Å². The molecule has 0 unspecified atom stereocenters. The van der Waals surface area contributed by atoms with Crippen LogP contribution in [0.1, 0.15) is 25.3 Å². The molecule has 90 valence electrons. The molecule has 0 spiro atoms. The maximum Gasteiger partial charge on any atom is 0.315 e. The van der Waals surface area contributed by atoms with Crippen molar-refractivity contribution in [2.24, 2.45) is 0 Å². The lowest BCUT2D eigenvalue weighted by Crippen LogP contribution is -2.18. The van der Waals surface area contributed by atoms with Crippen LogP contribution in [0.3, 0.4) is 0 Å². The molecule has 5 nitrogen and oxygen atoms in total. The molecule has 1 saturated carbocycles. The highest BCUT2D eigenvalue weighted by atomic mass is 16.6. The maximum atomic E-state index is 11.6. The lowest BCUT2D eigenvalue weighted by molar-refractivity contribution is -0.386. The second-order valence-corrected chi connectivity index (χ2v) is 4.25. The minimum Gasteiger partial charge on any atom is -0.490 e. The van der Waals surface area contributed by atoms with Crippen LogP contribution in [0.15, 0.2) is 18.2 Å². The van der Waals surface area contributed by atoms with Crippen LogP contribution >= 0.6 is 0 Å². The number of nitrogens with zero attached hydrogens (tertiary/aromatic N) is 1. The van der Waals surface area contributed by atoms with Gasteiger partial charge in [-0.15, -0.1) is 0 Å². The Bertz CT molecular complexity index is 491. The molecule has 0 amide bonds. The number of nitro benzene ring substituents is 1. The summed E-state index contributed by atoms with van der Waals surface area (Å²) in [6.07, 6.45) is 1.35. The monoisotopic (exact) mass is 235 g/mol. The summed E-state index contributed by atoms with van der Waals surface area (Å²) in [6.45, 7) is 1.48. The van der Waals surface area contributed by atoms with E-state index in [0.717, 1.165) is 0 Å². The first-order valence-corrected chi connectivity index (χ1v) is 5.36. The molecule has 0 saturated heterocycles. The highest BCUT2D eigenvalue weighted by Crippen LogP contribution is 2.53. The maximum absolute atomic E-state index is 11.6. The van der Waals surface area contributed by atoms with Crippen molar-refractivity contribution in [3.63, 3.8) is 0 Å². The second kappa shape index (κ2) is 3.84. The number of carbonyl (C=O) groups excluding carboxylic acids is 1. The van der Waals surface area contributed by atoms with Crippen molar-refractivity contribution in [3.05, 3.63) is 33.9 Å². The Balaban J connectivity index is 2.62. The van der Waals surface area contributed by atoms with Gasteiger partial charge in [-0.2, -0.15) is 0 Å². The number of rotatable bonds is 4. The molecule has 1 fully saturated rings. The fourth-order valence-electron chi connectivity index (χ4n) is 2.20. The van der Waals surface area contributed by atoms with Gasteiger partial charge in [-0.1, -0.05) is 12.1 Å². The Kier molecular flexibility index (Phi) is 2.61. The number of hydrogen-bond donors (Lipinski definition) is 0. The summed E-state index contributed by atoms with van der Waals surface area (Å²) in [5.41, 5.74) is -0.256. The smallest absolute Gasteiger partial charge is 0.315 e. The number of carbonyl (C=O) groups is 1. The number of benzene rings is 1. The molecule has 0 aliphatic heterocycles. The van der Waals surface area contributed by atoms with Gasteiger partial charge in [0.15, 0.2) is 5.75 Å². The Morgan fingerprint density at radius 1 is 1.47 bits per heavy atom. The number of methoxy groups -OCH3 is 1. The van der Waals surface area contributed by atoms with Gasteiger partial charge >= 0.3 is 5.69 Å². The third-order valence-corrected chi connectivity index (χ3v) is 3.34. The predicted molar refractivity (Wildman–Crippen MR) is 61.2 cm³/mol. The van der Waals surface area contributed by atoms with E-state index in [4.69, 9.17) is 4.74 Å². The molecule has 5 heteroatoms. The van der Waals surface area contributed by atoms with Crippen molar-refractivity contribution in [1.29, 1.82) is 0 Å². The largest absolute Gasteiger partial charge is 0.490 e. The number of ketones is 1. The minimum absolute atomic E-state index is 0.0196. The molecule has 0 N–H and O–H groups in total. The molecule has 1 aliphatic rings. The SMILES string of the molecule is COc1cccc(C2(C(C)=O)CC2)c1[N+](=O)[O-]. The normalized spacial score (nSPS) is 16.4. The van der Waals surface area contributed by atoms with E-state index < -0.39 is 10.3 Å². The average molecular weight is 235 g/mol. The van der Waals surface area contributed by atoms with Crippen molar-refractivity contribution in [3.8, 4) is 5.75 Å². The molecular formula is C12H13NO4. The van der Waals surface area contributed by atoms with Gasteiger partial charge in [0, 0.05) is 5.56 Å². The summed E-state index contributed by atoms with van der Waals surface area (Å²) in [6, 6.07) is 4.87. The minimum atomic E-state index is -0.656. The van der Waals surface area contributed by atoms with Crippen LogP contribution in [0.25, 0.3) is 0 Å². The molecule has 1 aromatic rings. The predicted octanol–water partition coefficient (Wildman–Crippen LogP) is 2.22. The van der Waals surface area contributed by atoms with Gasteiger partial charge in [0.2, 0.25) is 0 Å². The molecule has 1 aromatic carbocycles. The van der Waals surface area contributed by atoms with E-state index in [0.29, 0.717) is 18.4 Å². The first-order chi connectivity index (χ1) is 8.03. The summed E-state index contributed by atoms with van der Waals surface area (Å²) < 4.78 is 5.00. The lowest BCUT2D eigenvalue weighted by Gasteiger charge is -2.13. The zero-order valence-corrected chi connectivity index (χ0v) is 9.73. The van der Waals surface area contributed by atoms with Crippen LogP contribution < -0.4 is 4.74 Å². The highest BCUT2D eigenvalue weighted by Gasteiger charge is 2.52. The van der Waals surface area contributed by atoms with Gasteiger partial charge < -0.3 is 4.74 Å². The molecule has 1 aliphatic carbocycles. The van der Waals surface area contributed by atoms with Gasteiger partial charge in [0.1, 0.15) is 5.78 Å². The summed E-state index contributed by atoms with van der Waals surface area (Å²) in [5, 5.41) is 11.1. The highest BCUT2D eigenvalue weighted by molar-refractivity contribution is 5.92. The Hall–Kier alpha value is -1.91. The van der Waals surface area contributed by atoms with Gasteiger partial charge in [0.25, 0.3) is 0 Å². The first-order valence-electron chi connectivity index (χ1n) is 5.36. The standard InChI is InChI=1S/C12H13NO4/c1-8(14)12(6-7-12)9-4-3-5-10(17-2)11(9)13(15)16/h3-5H,6-7H2,1-2H3. The van der Waals surface area contributed by atoms with E-state index in [1.165, 1.54) is 20.1 Å². The summed E-state index contributed by atoms with van der Waals surface area (Å²) in [4.78, 5) is 22.3. The van der Waals surface area contributed by atoms with Crippen LogP contribution in [-0.2, 0) is 10.2 Å². The molecule has 17 heavy (non-hydrogen) atoms. The van der Waals surface area contributed by atoms with E-state index in [9.17, 15) is 14.9 Å². The molecule has 0 bridgehead atoms. The summed E-state index contributed by atoms with van der Waals surface area (Å²) in [5.74, 6) is 0.189. The number of ether oxygens (including phenoxy) is 1. The van der Waals surface area contributed by atoms with Gasteiger partial charge in [-0.3, -0.25) is 14.9 Å². The zero-order valence-electron chi connectivity index (χ0n) is 9.73. The third-order valence-electron chi connectivity index (χ3n) is 3.34. The molecule has 0 heterocycles. The van der Waals surface area contributed by atoms with E-state index in [1.807, 2.05) is 0 Å². The fraction of sp³-hybridized carbons (Fsp3) is 0.417. The van der Waals surface area contributed by atoms with Crippen LogP contribution in [-0.4, -0.2) is 17.8 Å². The lowest BCUT2D eigenvalue weighted by atomic mass is 9.90. The van der Waals surface area contributed by atoms with Crippen molar-refractivity contribution in [2.45, 2.75) is 25.2 Å². The van der Waals surface area contributed by atoms with Crippen molar-refractivity contribution in [2.75, 3.05) is 7.11 Å². The fourth-order valence-corrected chi connectivity index (χ4v) is 2.20. The van der Waals surface area contributed by atoms with Crippen molar-refractivity contribution < 1.29 is 14.5 Å². The van der Waals surface area contributed by atoms with Gasteiger partial charge in [-0.25, -0.2) is 0 Å². The molecule has 2 rings (SSSR count). The average Bonchev–Trinajstić information content (AvgIpc) is 3.08. The van der Waals surface area contributed by atoms with Crippen molar-refractivity contribution >= 4 is 11.5 Å². The van der Waals surface area contributed by atoms with E-state index in [2.05, 4.69) is 0 Å². The number of hydrogen-bond acceptors (Lipinski definition) is 4. The summed E-state index contributed by atoms with van der Waals surface area (Å²) >= 11 is 0. The number of nitro groups is 1. The van der Waals surface area contributed by atoms with E-state index in [1.54, 1.807) is 12.1 Å². The Morgan fingerprint density at radius 2 is 2.12 bits per heavy atom. The van der Waals surface area contributed by atoms with Crippen LogP contribution in [0.4, 0.5) is 5.69 Å². The quantitative estimate of drug-likeness (QED) is 0.592. The van der Waals surface area contributed by atoms with E-state index >= 15 is 0 Å². The summed E-state index contributed by atoms with van der Waals surface area (Å²) in [7, 11) is 1.39.